The summed E-state index contributed by atoms with van der Waals surface area (Å²) in [4.78, 5) is 11.2. The van der Waals surface area contributed by atoms with Crippen molar-refractivity contribution < 1.29 is 9.53 Å². The molecule has 0 aromatic heterocycles. The minimum atomic E-state index is -0.420. The minimum Gasteiger partial charge on any atom is -0.464 e. The molecule has 0 amide bonds. The van der Waals surface area contributed by atoms with Crippen molar-refractivity contribution in [1.82, 2.24) is 10.6 Å². The average molecular weight is 390 g/mol. The summed E-state index contributed by atoms with van der Waals surface area (Å²) < 4.78 is 4.93. The Morgan fingerprint density at radius 3 is 2.16 bits per heavy atom. The Balaban J connectivity index is 0.000000593. The van der Waals surface area contributed by atoms with Crippen molar-refractivity contribution >= 4 is 41.1 Å². The van der Waals surface area contributed by atoms with Crippen LogP contribution in [0.15, 0.2) is 24.3 Å². The normalized spacial score (nSPS) is 9.40. The van der Waals surface area contributed by atoms with Gasteiger partial charge in [-0.2, -0.15) is 0 Å². The van der Waals surface area contributed by atoms with E-state index in [4.69, 9.17) is 44.5 Å². The van der Waals surface area contributed by atoms with Crippen LogP contribution < -0.4 is 16.4 Å². The van der Waals surface area contributed by atoms with E-state index in [1.54, 1.807) is 24.3 Å². The van der Waals surface area contributed by atoms with Crippen molar-refractivity contribution in [3.8, 4) is 0 Å². The fraction of sp³-hybridized carbons (Fsp3) is 0.438. The van der Waals surface area contributed by atoms with E-state index < -0.39 is 5.97 Å². The van der Waals surface area contributed by atoms with Crippen LogP contribution in [0.5, 0.6) is 0 Å². The molecule has 0 unspecified atom stereocenters. The smallest absolute Gasteiger partial charge is 0.325 e. The molecule has 0 saturated carbocycles. The molecule has 0 radical (unpaired) electrons. The quantitative estimate of drug-likeness (QED) is 0.212. The third-order valence-electron chi connectivity index (χ3n) is 2.73. The Kier molecular flexibility index (Phi) is 13.2. The SMILES string of the molecule is CCCCCCOC(=O)CNC(=N)NC(=N)N.Clc1ccc(Cl)cc1. The predicted molar refractivity (Wildman–Crippen MR) is 102 cm³/mol. The number of halogens is 2. The summed E-state index contributed by atoms with van der Waals surface area (Å²) in [5.41, 5.74) is 5.00. The molecule has 0 saturated heterocycles. The third kappa shape index (κ3) is 15.3. The molecule has 25 heavy (non-hydrogen) atoms. The van der Waals surface area contributed by atoms with E-state index in [0.717, 1.165) is 35.7 Å². The van der Waals surface area contributed by atoms with Gasteiger partial charge in [0.2, 0.25) is 0 Å². The van der Waals surface area contributed by atoms with E-state index in [1.807, 2.05) is 0 Å². The molecule has 0 atom stereocenters. The van der Waals surface area contributed by atoms with Gasteiger partial charge in [-0.05, 0) is 30.7 Å². The highest BCUT2D eigenvalue weighted by atomic mass is 35.5. The molecular weight excluding hydrogens is 365 g/mol. The molecule has 0 bridgehead atoms. The third-order valence-corrected chi connectivity index (χ3v) is 3.24. The number of carbonyl (C=O) groups is 1. The number of nitrogens with one attached hydrogen (secondary N) is 4. The highest BCUT2D eigenvalue weighted by Crippen LogP contribution is 2.12. The molecule has 6 N–H and O–H groups in total. The fourth-order valence-corrected chi connectivity index (χ4v) is 1.79. The second kappa shape index (κ2) is 14.4. The standard InChI is InChI=1S/C10H21N5O2.C6H4Cl2/c1-2-3-4-5-6-17-8(16)7-14-10(13)15-9(11)12;7-5-1-2-6(8)4-3-5/h2-7H2,1H3,(H6,11,12,13,14,15);1-4H. The van der Waals surface area contributed by atoms with Crippen LogP contribution in [0.4, 0.5) is 0 Å². The Morgan fingerprint density at radius 2 is 1.68 bits per heavy atom. The number of unbranched alkanes of at least 4 members (excludes halogenated alkanes) is 3. The number of guanidine groups is 2. The van der Waals surface area contributed by atoms with Crippen LogP contribution >= 0.6 is 23.2 Å². The van der Waals surface area contributed by atoms with Crippen LogP contribution in [0, 0.1) is 10.8 Å². The van der Waals surface area contributed by atoms with Crippen molar-refractivity contribution in [2.24, 2.45) is 5.73 Å². The highest BCUT2D eigenvalue weighted by Gasteiger charge is 2.04. The zero-order chi connectivity index (χ0) is 19.1. The lowest BCUT2D eigenvalue weighted by Crippen LogP contribution is -2.45. The molecular formula is C16H25Cl2N5O2. The van der Waals surface area contributed by atoms with E-state index in [1.165, 1.54) is 0 Å². The number of carbonyl (C=O) groups excluding carboxylic acids is 1. The molecule has 9 heteroatoms. The van der Waals surface area contributed by atoms with Gasteiger partial charge in [-0.15, -0.1) is 0 Å². The minimum absolute atomic E-state index is 0.104. The summed E-state index contributed by atoms with van der Waals surface area (Å²) in [5.74, 6) is -0.965. The Bertz CT molecular complexity index is 517. The van der Waals surface area contributed by atoms with Crippen LogP contribution in [-0.2, 0) is 9.53 Å². The highest BCUT2D eigenvalue weighted by molar-refractivity contribution is 6.32. The lowest BCUT2D eigenvalue weighted by molar-refractivity contribution is -0.142. The van der Waals surface area contributed by atoms with E-state index in [9.17, 15) is 4.79 Å². The monoisotopic (exact) mass is 389 g/mol. The molecule has 0 aliphatic heterocycles. The summed E-state index contributed by atoms with van der Waals surface area (Å²) in [7, 11) is 0. The van der Waals surface area contributed by atoms with E-state index in [-0.39, 0.29) is 18.5 Å². The van der Waals surface area contributed by atoms with Crippen LogP contribution in [0.3, 0.4) is 0 Å². The maximum absolute atomic E-state index is 11.2. The second-order valence-electron chi connectivity index (χ2n) is 4.98. The summed E-state index contributed by atoms with van der Waals surface area (Å²) in [6.45, 7) is 2.42. The molecule has 1 aromatic rings. The van der Waals surface area contributed by atoms with E-state index >= 15 is 0 Å². The molecule has 0 heterocycles. The van der Waals surface area contributed by atoms with Gasteiger partial charge in [-0.3, -0.25) is 20.9 Å². The summed E-state index contributed by atoms with van der Waals surface area (Å²) in [5, 5.41) is 20.2. The maximum Gasteiger partial charge on any atom is 0.325 e. The van der Waals surface area contributed by atoms with Crippen LogP contribution in [0.2, 0.25) is 10.0 Å². The van der Waals surface area contributed by atoms with Gasteiger partial charge in [0.1, 0.15) is 6.54 Å². The van der Waals surface area contributed by atoms with Gasteiger partial charge in [-0.25, -0.2) is 0 Å². The van der Waals surface area contributed by atoms with Crippen molar-refractivity contribution in [1.29, 1.82) is 10.8 Å². The van der Waals surface area contributed by atoms with Crippen LogP contribution in [0.25, 0.3) is 0 Å². The first kappa shape index (κ1) is 23.0. The fourth-order valence-electron chi connectivity index (χ4n) is 1.53. The maximum atomic E-state index is 11.2. The molecule has 0 aliphatic rings. The summed E-state index contributed by atoms with van der Waals surface area (Å²) in [6, 6.07) is 7.02. The number of hydrogen-bond donors (Lipinski definition) is 5. The molecule has 1 aromatic carbocycles. The van der Waals surface area contributed by atoms with Crippen LogP contribution in [0.1, 0.15) is 32.6 Å². The number of hydrogen-bond acceptors (Lipinski definition) is 4. The molecule has 0 fully saturated rings. The summed E-state index contributed by atoms with van der Waals surface area (Å²) in [6.07, 6.45) is 4.20. The van der Waals surface area contributed by atoms with Crippen molar-refractivity contribution in [2.75, 3.05) is 13.2 Å². The first-order valence-corrected chi connectivity index (χ1v) is 8.61. The largest absolute Gasteiger partial charge is 0.464 e. The molecule has 1 rings (SSSR count). The number of nitrogens with two attached hydrogens (primary N) is 1. The number of ether oxygens (including phenoxy) is 1. The predicted octanol–water partition coefficient (Wildman–Crippen LogP) is 3.11. The molecule has 140 valence electrons. The van der Waals surface area contributed by atoms with Gasteiger partial charge in [-0.1, -0.05) is 49.4 Å². The number of esters is 1. The molecule has 0 spiro atoms. The van der Waals surface area contributed by atoms with Gasteiger partial charge < -0.3 is 15.8 Å². The van der Waals surface area contributed by atoms with E-state index in [2.05, 4.69) is 17.6 Å². The van der Waals surface area contributed by atoms with Crippen molar-refractivity contribution in [2.45, 2.75) is 32.6 Å². The van der Waals surface area contributed by atoms with Crippen LogP contribution in [-0.4, -0.2) is 31.0 Å². The van der Waals surface area contributed by atoms with Gasteiger partial charge in [0.05, 0.1) is 6.61 Å². The van der Waals surface area contributed by atoms with Gasteiger partial charge in [0.25, 0.3) is 0 Å². The molecule has 0 aliphatic carbocycles. The van der Waals surface area contributed by atoms with E-state index in [0.29, 0.717) is 6.61 Å². The number of rotatable bonds is 7. The zero-order valence-electron chi connectivity index (χ0n) is 14.2. The lowest BCUT2D eigenvalue weighted by Gasteiger charge is -2.08. The van der Waals surface area contributed by atoms with Gasteiger partial charge in [0.15, 0.2) is 11.9 Å². The van der Waals surface area contributed by atoms with Crippen molar-refractivity contribution in [3.05, 3.63) is 34.3 Å². The summed E-state index contributed by atoms with van der Waals surface area (Å²) >= 11 is 11.1. The first-order chi connectivity index (χ1) is 11.8. The molecule has 7 nitrogen and oxygen atoms in total. The second-order valence-corrected chi connectivity index (χ2v) is 5.86. The Hall–Kier alpha value is -1.99. The average Bonchev–Trinajstić information content (AvgIpc) is 2.55. The lowest BCUT2D eigenvalue weighted by atomic mass is 10.2. The van der Waals surface area contributed by atoms with Gasteiger partial charge >= 0.3 is 5.97 Å². The zero-order valence-corrected chi connectivity index (χ0v) is 15.7. The number of benzene rings is 1. The Morgan fingerprint density at radius 1 is 1.12 bits per heavy atom. The van der Waals surface area contributed by atoms with Gasteiger partial charge in [0, 0.05) is 10.0 Å². The van der Waals surface area contributed by atoms with Crippen molar-refractivity contribution in [3.63, 3.8) is 0 Å². The Labute approximate surface area is 158 Å². The topological polar surface area (TPSA) is 124 Å². The first-order valence-electron chi connectivity index (χ1n) is 7.85.